The quantitative estimate of drug-likeness (QED) is 0.901. The number of aromatic nitrogens is 1. The number of hydrogen-bond donors (Lipinski definition) is 1. The normalized spacial score (nSPS) is 10.0. The molecule has 0 spiro atoms. The summed E-state index contributed by atoms with van der Waals surface area (Å²) in [5.74, 6) is 0. The zero-order chi connectivity index (χ0) is 9.68. The summed E-state index contributed by atoms with van der Waals surface area (Å²) in [4.78, 5) is 4.04. The largest absolute Gasteiger partial charge is 0.308 e. The number of pyridine rings is 1. The highest BCUT2D eigenvalue weighted by Crippen LogP contribution is 2.09. The maximum Gasteiger partial charge on any atom is 0.0410 e. The van der Waals surface area contributed by atoms with Crippen molar-refractivity contribution < 1.29 is 0 Å². The minimum Gasteiger partial charge on any atom is -0.308 e. The van der Waals surface area contributed by atoms with Crippen LogP contribution in [0.15, 0.2) is 34.5 Å². The molecule has 0 aromatic carbocycles. The van der Waals surface area contributed by atoms with E-state index in [1.807, 2.05) is 12.3 Å². The first-order valence-corrected chi connectivity index (χ1v) is 4.99. The van der Waals surface area contributed by atoms with Crippen molar-refractivity contribution in [3.05, 3.63) is 40.1 Å². The fourth-order valence-electron chi connectivity index (χ4n) is 0.895. The Morgan fingerprint density at radius 1 is 1.62 bits per heavy atom. The van der Waals surface area contributed by atoms with Gasteiger partial charge in [0.25, 0.3) is 0 Å². The number of rotatable bonds is 4. The molecular formula is C9H10BrClN2. The van der Waals surface area contributed by atoms with Crippen LogP contribution in [0.25, 0.3) is 0 Å². The van der Waals surface area contributed by atoms with Crippen LogP contribution < -0.4 is 5.32 Å². The lowest BCUT2D eigenvalue weighted by molar-refractivity contribution is 0.751. The van der Waals surface area contributed by atoms with Gasteiger partial charge in [-0.1, -0.05) is 18.2 Å². The molecule has 0 radical (unpaired) electrons. The molecule has 13 heavy (non-hydrogen) atoms. The van der Waals surface area contributed by atoms with Crippen LogP contribution in [0.1, 0.15) is 5.56 Å². The minimum atomic E-state index is 0.614. The number of nitrogens with zero attached hydrogens (tertiary/aromatic N) is 1. The highest BCUT2D eigenvalue weighted by molar-refractivity contribution is 9.10. The minimum absolute atomic E-state index is 0.614. The molecule has 0 fully saturated rings. The average Bonchev–Trinajstić information content (AvgIpc) is 2.03. The Labute approximate surface area is 91.1 Å². The van der Waals surface area contributed by atoms with Gasteiger partial charge in [0.15, 0.2) is 0 Å². The summed E-state index contributed by atoms with van der Waals surface area (Å²) in [7, 11) is 0. The molecule has 0 bridgehead atoms. The lowest BCUT2D eigenvalue weighted by Gasteiger charge is -2.02. The van der Waals surface area contributed by atoms with Gasteiger partial charge in [-0.15, -0.1) is 0 Å². The third-order valence-electron chi connectivity index (χ3n) is 1.41. The summed E-state index contributed by atoms with van der Waals surface area (Å²) in [6.07, 6.45) is 3.57. The van der Waals surface area contributed by atoms with Gasteiger partial charge in [-0.2, -0.15) is 0 Å². The van der Waals surface area contributed by atoms with Crippen molar-refractivity contribution in [1.29, 1.82) is 0 Å². The average molecular weight is 262 g/mol. The van der Waals surface area contributed by atoms with Crippen LogP contribution >= 0.6 is 27.5 Å². The maximum atomic E-state index is 5.59. The zero-order valence-corrected chi connectivity index (χ0v) is 9.40. The fourth-order valence-corrected chi connectivity index (χ4v) is 1.40. The fraction of sp³-hybridized carbons (Fsp3) is 0.222. The van der Waals surface area contributed by atoms with Crippen molar-refractivity contribution in [2.24, 2.45) is 0 Å². The van der Waals surface area contributed by atoms with Crippen molar-refractivity contribution in [1.82, 2.24) is 10.3 Å². The van der Waals surface area contributed by atoms with E-state index >= 15 is 0 Å². The van der Waals surface area contributed by atoms with Crippen LogP contribution in [0.4, 0.5) is 0 Å². The number of hydrogen-bond acceptors (Lipinski definition) is 2. The topological polar surface area (TPSA) is 24.9 Å². The Kier molecular flexibility index (Phi) is 4.42. The van der Waals surface area contributed by atoms with Gasteiger partial charge in [0, 0.05) is 35.0 Å². The van der Waals surface area contributed by atoms with E-state index in [-0.39, 0.29) is 0 Å². The van der Waals surface area contributed by atoms with Crippen LogP contribution in [0.3, 0.4) is 0 Å². The molecule has 0 amide bonds. The van der Waals surface area contributed by atoms with Crippen molar-refractivity contribution in [2.45, 2.75) is 6.54 Å². The van der Waals surface area contributed by atoms with Crippen molar-refractivity contribution in [3.63, 3.8) is 0 Å². The number of nitrogens with one attached hydrogen (secondary N) is 1. The lowest BCUT2D eigenvalue weighted by atomic mass is 10.3. The Hall–Kier alpha value is -0.380. The van der Waals surface area contributed by atoms with E-state index in [0.717, 1.165) is 16.6 Å². The summed E-state index contributed by atoms with van der Waals surface area (Å²) >= 11 is 8.94. The summed E-state index contributed by atoms with van der Waals surface area (Å²) in [5, 5.41) is 3.75. The molecule has 1 N–H and O–H groups in total. The van der Waals surface area contributed by atoms with Crippen molar-refractivity contribution in [2.75, 3.05) is 6.54 Å². The van der Waals surface area contributed by atoms with Gasteiger partial charge in [0.2, 0.25) is 0 Å². The monoisotopic (exact) mass is 260 g/mol. The highest BCUT2D eigenvalue weighted by atomic mass is 79.9. The van der Waals surface area contributed by atoms with Crippen LogP contribution in [0.2, 0.25) is 0 Å². The molecule has 0 atom stereocenters. The van der Waals surface area contributed by atoms with Crippen LogP contribution in [-0.4, -0.2) is 11.5 Å². The molecule has 0 aliphatic rings. The second-order valence-corrected chi connectivity index (χ2v) is 4.08. The maximum absolute atomic E-state index is 5.59. The van der Waals surface area contributed by atoms with Gasteiger partial charge < -0.3 is 5.32 Å². The van der Waals surface area contributed by atoms with Crippen molar-refractivity contribution >= 4 is 27.5 Å². The first-order valence-electron chi connectivity index (χ1n) is 3.82. The molecule has 4 heteroatoms. The highest BCUT2D eigenvalue weighted by Gasteiger charge is 1.94. The second kappa shape index (κ2) is 5.37. The molecule has 1 aromatic heterocycles. The van der Waals surface area contributed by atoms with Crippen LogP contribution in [-0.2, 0) is 6.54 Å². The molecule has 1 aromatic rings. The molecule has 0 saturated carbocycles. The standard InChI is InChI=1S/C9H10BrClN2/c1-7(11)3-12-4-8-2-9(10)6-13-5-8/h2,5-6,12H,1,3-4H2. The summed E-state index contributed by atoms with van der Waals surface area (Å²) in [5.41, 5.74) is 1.12. The van der Waals surface area contributed by atoms with Gasteiger partial charge in [0.05, 0.1) is 0 Å². The van der Waals surface area contributed by atoms with Crippen LogP contribution in [0, 0.1) is 0 Å². The molecule has 0 saturated heterocycles. The first kappa shape index (κ1) is 10.7. The Bertz CT molecular complexity index is 301. The van der Waals surface area contributed by atoms with Gasteiger partial charge in [-0.25, -0.2) is 0 Å². The third-order valence-corrected chi connectivity index (χ3v) is 1.97. The number of halogens is 2. The molecular weight excluding hydrogens is 251 g/mol. The first-order chi connectivity index (χ1) is 6.18. The summed E-state index contributed by atoms with van der Waals surface area (Å²) < 4.78 is 0.983. The van der Waals surface area contributed by atoms with E-state index in [1.54, 1.807) is 6.20 Å². The summed E-state index contributed by atoms with van der Waals surface area (Å²) in [6.45, 7) is 4.95. The van der Waals surface area contributed by atoms with Gasteiger partial charge in [-0.3, -0.25) is 4.98 Å². The predicted octanol–water partition coefficient (Wildman–Crippen LogP) is 2.69. The molecule has 0 unspecified atom stereocenters. The van der Waals surface area contributed by atoms with E-state index in [4.69, 9.17) is 11.6 Å². The molecule has 2 nitrogen and oxygen atoms in total. The van der Waals surface area contributed by atoms with E-state index in [9.17, 15) is 0 Å². The molecule has 0 aliphatic carbocycles. The molecule has 1 heterocycles. The predicted molar refractivity (Wildman–Crippen MR) is 58.6 cm³/mol. The van der Waals surface area contributed by atoms with Crippen molar-refractivity contribution in [3.8, 4) is 0 Å². The molecule has 0 aliphatic heterocycles. The second-order valence-electron chi connectivity index (χ2n) is 2.63. The van der Waals surface area contributed by atoms with E-state index in [0.29, 0.717) is 11.6 Å². The molecule has 70 valence electrons. The Morgan fingerprint density at radius 3 is 3.00 bits per heavy atom. The van der Waals surface area contributed by atoms with E-state index in [2.05, 4.69) is 32.8 Å². The van der Waals surface area contributed by atoms with E-state index < -0.39 is 0 Å². The zero-order valence-electron chi connectivity index (χ0n) is 7.06. The van der Waals surface area contributed by atoms with E-state index in [1.165, 1.54) is 0 Å². The van der Waals surface area contributed by atoms with Crippen LogP contribution in [0.5, 0.6) is 0 Å². The Balaban J connectivity index is 2.41. The van der Waals surface area contributed by atoms with Gasteiger partial charge >= 0.3 is 0 Å². The lowest BCUT2D eigenvalue weighted by Crippen LogP contribution is -2.14. The molecule has 1 rings (SSSR count). The smallest absolute Gasteiger partial charge is 0.0410 e. The van der Waals surface area contributed by atoms with Gasteiger partial charge in [-0.05, 0) is 27.6 Å². The third kappa shape index (κ3) is 4.41. The SMILES string of the molecule is C=C(Cl)CNCc1cncc(Br)c1. The van der Waals surface area contributed by atoms with Gasteiger partial charge in [0.1, 0.15) is 0 Å². The Morgan fingerprint density at radius 2 is 2.38 bits per heavy atom. The summed E-state index contributed by atoms with van der Waals surface area (Å²) in [6, 6.07) is 2.01.